The van der Waals surface area contributed by atoms with Crippen LogP contribution in [0.4, 0.5) is 4.39 Å². The van der Waals surface area contributed by atoms with E-state index < -0.39 is 6.10 Å². The van der Waals surface area contributed by atoms with Crippen LogP contribution in [0.25, 0.3) is 11.1 Å². The van der Waals surface area contributed by atoms with Crippen molar-refractivity contribution >= 4 is 5.97 Å². The maximum atomic E-state index is 15.3. The second-order valence-electron chi connectivity index (χ2n) is 11.7. The van der Waals surface area contributed by atoms with Crippen molar-refractivity contribution in [1.82, 2.24) is 0 Å². The van der Waals surface area contributed by atoms with E-state index in [1.54, 1.807) is 0 Å². The number of benzene rings is 3. The van der Waals surface area contributed by atoms with Crippen molar-refractivity contribution < 1.29 is 33.2 Å². The van der Waals surface area contributed by atoms with Crippen LogP contribution in [0, 0.1) is 25.1 Å². The Bertz CT molecular complexity index is 1410. The Morgan fingerprint density at radius 3 is 2.55 bits per heavy atom. The monoisotopic (exact) mass is 548 g/mol. The van der Waals surface area contributed by atoms with Crippen molar-refractivity contribution in [2.45, 2.75) is 59.0 Å². The van der Waals surface area contributed by atoms with Crippen molar-refractivity contribution in [2.75, 3.05) is 26.9 Å². The van der Waals surface area contributed by atoms with E-state index in [0.717, 1.165) is 39.1 Å². The Labute approximate surface area is 235 Å². The summed E-state index contributed by atoms with van der Waals surface area (Å²) < 4.78 is 38.3. The summed E-state index contributed by atoms with van der Waals surface area (Å²) in [6, 6.07) is 13.0. The van der Waals surface area contributed by atoms with Crippen molar-refractivity contribution in [3.8, 4) is 28.4 Å². The van der Waals surface area contributed by atoms with Crippen molar-refractivity contribution in [3.63, 3.8) is 0 Å². The SMILES string of the molecule is COC(=O)C[C@@H]1COc2cc(O[C@@H]3CCc4c(-c5c(C)cc(OCC(C)(C)CO)cc5C)ccc(F)c43)ccc21. The molecular weight excluding hydrogens is 511 g/mol. The van der Waals surface area contributed by atoms with Gasteiger partial charge in [-0.25, -0.2) is 4.39 Å². The number of halogens is 1. The number of carbonyl (C=O) groups excluding carboxylic acids is 1. The second kappa shape index (κ2) is 11.1. The summed E-state index contributed by atoms with van der Waals surface area (Å²) in [6.07, 6.45) is 1.23. The predicted octanol–water partition coefficient (Wildman–Crippen LogP) is 6.61. The van der Waals surface area contributed by atoms with E-state index in [1.807, 2.05) is 64.1 Å². The summed E-state index contributed by atoms with van der Waals surface area (Å²) in [4.78, 5) is 11.7. The first kappa shape index (κ1) is 28.0. The van der Waals surface area contributed by atoms with Crippen LogP contribution < -0.4 is 14.2 Å². The highest BCUT2D eigenvalue weighted by molar-refractivity contribution is 5.76. The summed E-state index contributed by atoms with van der Waals surface area (Å²) in [5, 5.41) is 9.55. The van der Waals surface area contributed by atoms with E-state index in [4.69, 9.17) is 18.9 Å². The maximum absolute atomic E-state index is 15.3. The van der Waals surface area contributed by atoms with Crippen molar-refractivity contribution in [3.05, 3.63) is 76.1 Å². The minimum atomic E-state index is -0.413. The molecule has 0 aromatic heterocycles. The molecule has 1 heterocycles. The Hall–Kier alpha value is -3.58. The van der Waals surface area contributed by atoms with E-state index in [2.05, 4.69) is 0 Å². The van der Waals surface area contributed by atoms with Gasteiger partial charge in [-0.2, -0.15) is 0 Å². The van der Waals surface area contributed by atoms with Gasteiger partial charge in [0.05, 0.1) is 33.4 Å². The summed E-state index contributed by atoms with van der Waals surface area (Å²) in [6.45, 7) is 8.87. The van der Waals surface area contributed by atoms with Crippen LogP contribution in [0.3, 0.4) is 0 Å². The number of aliphatic hydroxyl groups is 1. The molecule has 1 aliphatic heterocycles. The molecule has 212 valence electrons. The number of esters is 1. The van der Waals surface area contributed by atoms with Crippen LogP contribution in [-0.2, 0) is 16.0 Å². The molecule has 3 aromatic rings. The van der Waals surface area contributed by atoms with Gasteiger partial charge in [-0.05, 0) is 78.8 Å². The normalized spacial score (nSPS) is 17.7. The highest BCUT2D eigenvalue weighted by Gasteiger charge is 2.32. The topological polar surface area (TPSA) is 74.2 Å². The average Bonchev–Trinajstić information content (AvgIpc) is 3.53. The fraction of sp³-hybridized carbons (Fsp3) is 0.424. The zero-order valence-corrected chi connectivity index (χ0v) is 23.8. The molecule has 6 nitrogen and oxygen atoms in total. The fourth-order valence-electron chi connectivity index (χ4n) is 5.73. The Morgan fingerprint density at radius 1 is 1.10 bits per heavy atom. The molecule has 0 radical (unpaired) electrons. The largest absolute Gasteiger partial charge is 0.493 e. The van der Waals surface area contributed by atoms with E-state index in [9.17, 15) is 9.90 Å². The molecule has 0 spiro atoms. The summed E-state index contributed by atoms with van der Waals surface area (Å²) in [5.74, 6) is 1.47. The molecule has 0 unspecified atom stereocenters. The summed E-state index contributed by atoms with van der Waals surface area (Å²) >= 11 is 0. The number of carbonyl (C=O) groups is 1. The molecule has 40 heavy (non-hydrogen) atoms. The first-order valence-corrected chi connectivity index (χ1v) is 13.8. The number of methoxy groups -OCH3 is 1. The molecule has 0 fully saturated rings. The zero-order chi connectivity index (χ0) is 28.6. The van der Waals surface area contributed by atoms with Gasteiger partial charge in [-0.1, -0.05) is 26.0 Å². The quantitative estimate of drug-likeness (QED) is 0.303. The Morgan fingerprint density at radius 2 is 1.85 bits per heavy atom. The standard InChI is InChI=1S/C33H37FO6/c1-19-12-23(39-18-33(3,4)17-35)13-20(2)31(19)25-8-10-27(34)32-26(25)9-11-28(32)40-22-6-7-24-21(14-30(36)37-5)16-38-29(24)15-22/h6-8,10,12-13,15,21,28,35H,9,11,14,16-18H2,1-5H3/t21-,28-/m1/s1. The molecule has 0 amide bonds. The maximum Gasteiger partial charge on any atom is 0.306 e. The van der Waals surface area contributed by atoms with Gasteiger partial charge < -0.3 is 24.1 Å². The van der Waals surface area contributed by atoms with Crippen LogP contribution in [0.1, 0.15) is 66.5 Å². The van der Waals surface area contributed by atoms with Gasteiger partial charge in [0.15, 0.2) is 0 Å². The fourth-order valence-corrected chi connectivity index (χ4v) is 5.73. The van der Waals surface area contributed by atoms with Crippen LogP contribution in [-0.4, -0.2) is 38.0 Å². The highest BCUT2D eigenvalue weighted by atomic mass is 19.1. The van der Waals surface area contributed by atoms with E-state index in [1.165, 1.54) is 13.2 Å². The van der Waals surface area contributed by atoms with Gasteiger partial charge in [-0.3, -0.25) is 4.79 Å². The number of fused-ring (bicyclic) bond motifs is 2. The first-order valence-electron chi connectivity index (χ1n) is 13.8. The molecule has 1 N–H and O–H groups in total. The summed E-state index contributed by atoms with van der Waals surface area (Å²) in [7, 11) is 1.38. The number of hydrogen-bond donors (Lipinski definition) is 1. The molecule has 3 aromatic carbocycles. The van der Waals surface area contributed by atoms with Crippen molar-refractivity contribution in [2.24, 2.45) is 5.41 Å². The molecule has 2 aliphatic rings. The molecule has 0 bridgehead atoms. The van der Waals surface area contributed by atoms with Gasteiger partial charge in [0.25, 0.3) is 0 Å². The first-order chi connectivity index (χ1) is 19.1. The molecule has 5 rings (SSSR count). The molecule has 0 saturated heterocycles. The van der Waals surface area contributed by atoms with Gasteiger partial charge in [0.2, 0.25) is 0 Å². The molecule has 2 atom stereocenters. The second-order valence-corrected chi connectivity index (χ2v) is 11.7. The highest BCUT2D eigenvalue weighted by Crippen LogP contribution is 2.45. The van der Waals surface area contributed by atoms with E-state index >= 15 is 4.39 Å². The van der Waals surface area contributed by atoms with Gasteiger partial charge >= 0.3 is 5.97 Å². The predicted molar refractivity (Wildman–Crippen MR) is 151 cm³/mol. The third-order valence-corrected chi connectivity index (χ3v) is 7.90. The number of aryl methyl sites for hydroxylation is 2. The third-order valence-electron chi connectivity index (χ3n) is 7.90. The lowest BCUT2D eigenvalue weighted by Crippen LogP contribution is -2.25. The van der Waals surface area contributed by atoms with Gasteiger partial charge in [-0.15, -0.1) is 0 Å². The van der Waals surface area contributed by atoms with Gasteiger partial charge in [0.1, 0.15) is 29.2 Å². The van der Waals surface area contributed by atoms with Crippen molar-refractivity contribution in [1.29, 1.82) is 0 Å². The van der Waals surface area contributed by atoms with Crippen LogP contribution in [0.15, 0.2) is 42.5 Å². The third kappa shape index (κ3) is 5.52. The van der Waals surface area contributed by atoms with Crippen LogP contribution >= 0.6 is 0 Å². The Kier molecular flexibility index (Phi) is 7.78. The molecular formula is C33H37FO6. The molecule has 7 heteroatoms. The number of rotatable bonds is 9. The Balaban J connectivity index is 1.39. The minimum Gasteiger partial charge on any atom is -0.493 e. The van der Waals surface area contributed by atoms with E-state index in [-0.39, 0.29) is 36.1 Å². The number of hydrogen-bond acceptors (Lipinski definition) is 6. The lowest BCUT2D eigenvalue weighted by atomic mass is 9.90. The van der Waals surface area contributed by atoms with Crippen LogP contribution in [0.5, 0.6) is 17.2 Å². The van der Waals surface area contributed by atoms with Crippen LogP contribution in [0.2, 0.25) is 0 Å². The lowest BCUT2D eigenvalue weighted by molar-refractivity contribution is -0.141. The average molecular weight is 549 g/mol. The molecule has 0 saturated carbocycles. The van der Waals surface area contributed by atoms with Gasteiger partial charge in [0, 0.05) is 28.5 Å². The van der Waals surface area contributed by atoms with E-state index in [0.29, 0.717) is 43.1 Å². The summed E-state index contributed by atoms with van der Waals surface area (Å²) in [5.41, 5.74) is 6.39. The number of aliphatic hydroxyl groups excluding tert-OH is 1. The molecule has 1 aliphatic carbocycles. The smallest absolute Gasteiger partial charge is 0.306 e. The lowest BCUT2D eigenvalue weighted by Gasteiger charge is -2.23. The zero-order valence-electron chi connectivity index (χ0n) is 23.8. The minimum absolute atomic E-state index is 0.0440. The number of ether oxygens (including phenoxy) is 4.